The summed E-state index contributed by atoms with van der Waals surface area (Å²) in [4.78, 5) is 12.3. The van der Waals surface area contributed by atoms with Gasteiger partial charge in [-0.1, -0.05) is 0 Å². The minimum Gasteiger partial charge on any atom is -0.467 e. The van der Waals surface area contributed by atoms with Crippen LogP contribution in [0.4, 0.5) is 11.9 Å². The van der Waals surface area contributed by atoms with Crippen molar-refractivity contribution in [3.05, 3.63) is 0 Å². The van der Waals surface area contributed by atoms with E-state index in [9.17, 15) is 5.11 Å². The fraction of sp³-hybridized carbons (Fsp3) is 0.727. The summed E-state index contributed by atoms with van der Waals surface area (Å²) < 4.78 is 5.00. The van der Waals surface area contributed by atoms with E-state index >= 15 is 0 Å². The number of aliphatic hydroxyl groups is 1. The largest absolute Gasteiger partial charge is 0.467 e. The summed E-state index contributed by atoms with van der Waals surface area (Å²) in [6.07, 6.45) is 2.61. The Balaban J connectivity index is 1.95. The van der Waals surface area contributed by atoms with E-state index < -0.39 is 0 Å². The fourth-order valence-electron chi connectivity index (χ4n) is 2.11. The van der Waals surface area contributed by atoms with Crippen LogP contribution in [0, 0.1) is 5.92 Å². The molecule has 1 heterocycles. The molecule has 1 aromatic rings. The number of hydrogen-bond acceptors (Lipinski definition) is 7. The molecule has 2 unspecified atom stereocenters. The Morgan fingerprint density at radius 3 is 2.67 bits per heavy atom. The first kappa shape index (κ1) is 12.8. The van der Waals surface area contributed by atoms with Crippen molar-refractivity contribution in [1.29, 1.82) is 0 Å². The van der Waals surface area contributed by atoms with E-state index in [1.165, 1.54) is 7.11 Å². The molecular weight excluding hydrogens is 234 g/mol. The molecule has 0 bridgehead atoms. The molecule has 3 N–H and O–H groups in total. The Kier molecular flexibility index (Phi) is 4.14. The van der Waals surface area contributed by atoms with Gasteiger partial charge >= 0.3 is 6.01 Å². The zero-order valence-corrected chi connectivity index (χ0v) is 10.7. The van der Waals surface area contributed by atoms with Crippen LogP contribution in [0.2, 0.25) is 0 Å². The predicted octanol–water partition coefficient (Wildman–Crippen LogP) is 0.495. The standard InChI is InChI=1S/C11H19N5O2/c1-12-9-14-10(16-11(15-9)18-2)13-6-7-3-4-8(17)5-7/h7-8,17H,3-6H2,1-2H3,(H2,12,13,14,15,16). The van der Waals surface area contributed by atoms with Crippen LogP contribution in [-0.2, 0) is 0 Å². The lowest BCUT2D eigenvalue weighted by atomic mass is 10.1. The van der Waals surface area contributed by atoms with Gasteiger partial charge in [-0.3, -0.25) is 0 Å². The van der Waals surface area contributed by atoms with Gasteiger partial charge in [0.1, 0.15) is 0 Å². The van der Waals surface area contributed by atoms with Crippen LogP contribution in [-0.4, -0.2) is 46.9 Å². The second kappa shape index (κ2) is 5.81. The van der Waals surface area contributed by atoms with E-state index in [4.69, 9.17) is 4.74 Å². The van der Waals surface area contributed by atoms with Crippen molar-refractivity contribution in [2.24, 2.45) is 5.92 Å². The van der Waals surface area contributed by atoms with Crippen LogP contribution >= 0.6 is 0 Å². The van der Waals surface area contributed by atoms with E-state index in [1.807, 2.05) is 0 Å². The van der Waals surface area contributed by atoms with E-state index in [0.717, 1.165) is 25.8 Å². The third-order valence-electron chi connectivity index (χ3n) is 3.08. The molecule has 0 aromatic carbocycles. The zero-order chi connectivity index (χ0) is 13.0. The normalized spacial score (nSPS) is 22.8. The Morgan fingerprint density at radius 1 is 1.28 bits per heavy atom. The topological polar surface area (TPSA) is 92.2 Å². The van der Waals surface area contributed by atoms with Crippen molar-refractivity contribution < 1.29 is 9.84 Å². The molecule has 7 heteroatoms. The molecule has 0 aliphatic heterocycles. The van der Waals surface area contributed by atoms with Crippen LogP contribution in [0.1, 0.15) is 19.3 Å². The summed E-state index contributed by atoms with van der Waals surface area (Å²) in [7, 11) is 3.26. The number of nitrogens with one attached hydrogen (secondary N) is 2. The van der Waals surface area contributed by atoms with Crippen LogP contribution < -0.4 is 15.4 Å². The second-order valence-electron chi connectivity index (χ2n) is 4.43. The third kappa shape index (κ3) is 3.19. The number of anilines is 2. The highest BCUT2D eigenvalue weighted by Gasteiger charge is 2.22. The van der Waals surface area contributed by atoms with E-state index in [2.05, 4.69) is 25.6 Å². The highest BCUT2D eigenvalue weighted by atomic mass is 16.5. The lowest BCUT2D eigenvalue weighted by Gasteiger charge is -2.11. The van der Waals surface area contributed by atoms with Crippen LogP contribution in [0.5, 0.6) is 6.01 Å². The van der Waals surface area contributed by atoms with Crippen molar-refractivity contribution in [3.8, 4) is 6.01 Å². The van der Waals surface area contributed by atoms with Crippen LogP contribution in [0.3, 0.4) is 0 Å². The molecule has 1 aromatic heterocycles. The van der Waals surface area contributed by atoms with Crippen molar-refractivity contribution >= 4 is 11.9 Å². The highest BCUT2D eigenvalue weighted by molar-refractivity contribution is 5.35. The SMILES string of the molecule is CNc1nc(NCC2CCC(O)C2)nc(OC)n1. The van der Waals surface area contributed by atoms with Crippen molar-refractivity contribution in [1.82, 2.24) is 15.0 Å². The van der Waals surface area contributed by atoms with Crippen molar-refractivity contribution in [3.63, 3.8) is 0 Å². The Morgan fingerprint density at radius 2 is 2.06 bits per heavy atom. The van der Waals surface area contributed by atoms with Gasteiger partial charge < -0.3 is 20.5 Å². The summed E-state index contributed by atoms with van der Waals surface area (Å²) >= 11 is 0. The Hall–Kier alpha value is -1.63. The van der Waals surface area contributed by atoms with Crippen molar-refractivity contribution in [2.45, 2.75) is 25.4 Å². The fourth-order valence-corrected chi connectivity index (χ4v) is 2.11. The Labute approximate surface area is 106 Å². The number of aliphatic hydroxyl groups excluding tert-OH is 1. The zero-order valence-electron chi connectivity index (χ0n) is 10.7. The molecule has 2 atom stereocenters. The third-order valence-corrected chi connectivity index (χ3v) is 3.08. The maximum atomic E-state index is 9.46. The molecule has 0 amide bonds. The molecule has 0 saturated heterocycles. The quantitative estimate of drug-likeness (QED) is 0.703. The van der Waals surface area contributed by atoms with Gasteiger partial charge in [0.2, 0.25) is 11.9 Å². The van der Waals surface area contributed by atoms with Crippen LogP contribution in [0.25, 0.3) is 0 Å². The van der Waals surface area contributed by atoms with E-state index in [-0.39, 0.29) is 12.1 Å². The van der Waals surface area contributed by atoms with Gasteiger partial charge in [-0.05, 0) is 25.2 Å². The number of ether oxygens (including phenoxy) is 1. The smallest absolute Gasteiger partial charge is 0.322 e. The van der Waals surface area contributed by atoms with Crippen molar-refractivity contribution in [2.75, 3.05) is 31.3 Å². The van der Waals surface area contributed by atoms with Gasteiger partial charge in [-0.15, -0.1) is 0 Å². The predicted molar refractivity (Wildman–Crippen MR) is 67.8 cm³/mol. The average molecular weight is 253 g/mol. The molecule has 0 radical (unpaired) electrons. The maximum Gasteiger partial charge on any atom is 0.322 e. The summed E-state index contributed by atoms with van der Waals surface area (Å²) in [6, 6.07) is 0.281. The number of aromatic nitrogens is 3. The lowest BCUT2D eigenvalue weighted by molar-refractivity contribution is 0.178. The molecule has 1 saturated carbocycles. The molecule has 1 fully saturated rings. The van der Waals surface area contributed by atoms with E-state index in [1.54, 1.807) is 7.05 Å². The Bertz CT molecular complexity index is 379. The lowest BCUT2D eigenvalue weighted by Crippen LogP contribution is -2.15. The van der Waals surface area contributed by atoms with Crippen LogP contribution in [0.15, 0.2) is 0 Å². The first-order valence-corrected chi connectivity index (χ1v) is 6.11. The average Bonchev–Trinajstić information content (AvgIpc) is 2.81. The monoisotopic (exact) mass is 253 g/mol. The van der Waals surface area contributed by atoms with Gasteiger partial charge in [0.05, 0.1) is 13.2 Å². The highest BCUT2D eigenvalue weighted by Crippen LogP contribution is 2.25. The van der Waals surface area contributed by atoms with E-state index in [0.29, 0.717) is 17.8 Å². The summed E-state index contributed by atoms with van der Waals surface area (Å²) in [5.41, 5.74) is 0. The molecular formula is C11H19N5O2. The van der Waals surface area contributed by atoms with Gasteiger partial charge in [-0.25, -0.2) is 0 Å². The molecule has 1 aliphatic carbocycles. The first-order valence-electron chi connectivity index (χ1n) is 6.11. The minimum atomic E-state index is -0.155. The molecule has 1 aliphatic rings. The minimum absolute atomic E-state index is 0.155. The maximum absolute atomic E-state index is 9.46. The van der Waals surface area contributed by atoms with Gasteiger partial charge in [0, 0.05) is 13.6 Å². The second-order valence-corrected chi connectivity index (χ2v) is 4.43. The molecule has 7 nitrogen and oxygen atoms in total. The number of nitrogens with zero attached hydrogens (tertiary/aromatic N) is 3. The number of hydrogen-bond donors (Lipinski definition) is 3. The molecule has 2 rings (SSSR count). The van der Waals surface area contributed by atoms with Gasteiger partial charge in [-0.2, -0.15) is 15.0 Å². The van der Waals surface area contributed by atoms with Gasteiger partial charge in [0.25, 0.3) is 0 Å². The molecule has 100 valence electrons. The summed E-state index contributed by atoms with van der Waals surface area (Å²) in [5.74, 6) is 1.43. The first-order chi connectivity index (χ1) is 8.71. The van der Waals surface area contributed by atoms with Gasteiger partial charge in [0.15, 0.2) is 0 Å². The molecule has 18 heavy (non-hydrogen) atoms. The summed E-state index contributed by atoms with van der Waals surface area (Å²) in [5, 5.41) is 15.5. The molecule has 0 spiro atoms. The number of methoxy groups -OCH3 is 1. The summed E-state index contributed by atoms with van der Waals surface area (Å²) in [6.45, 7) is 0.757. The number of rotatable bonds is 5.